The van der Waals surface area contributed by atoms with E-state index in [2.05, 4.69) is 46.7 Å². The summed E-state index contributed by atoms with van der Waals surface area (Å²) in [4.78, 5) is 16.8. The summed E-state index contributed by atoms with van der Waals surface area (Å²) < 4.78 is 5.37. The van der Waals surface area contributed by atoms with Gasteiger partial charge >= 0.3 is 5.97 Å². The number of hydrogen-bond acceptors (Lipinski definition) is 6. The van der Waals surface area contributed by atoms with E-state index in [1.165, 1.54) is 16.9 Å². The Labute approximate surface area is 189 Å². The lowest BCUT2D eigenvalue weighted by molar-refractivity contribution is 0.0735. The molecule has 4 aromatic rings. The standard InChI is InChI=1S/C24H18ClN3O2S/c1-16-6-10-18(11-7-16)22-15-31-24(27-22)28-26-14-17-8-12-19(13-9-17)30-23(29)20-4-2-3-5-21(20)25/h2-15H,1H3,(H,27,28)/b26-14-. The van der Waals surface area contributed by atoms with Crippen LogP contribution < -0.4 is 10.2 Å². The Balaban J connectivity index is 1.34. The van der Waals surface area contributed by atoms with E-state index in [1.807, 2.05) is 5.38 Å². The molecule has 31 heavy (non-hydrogen) atoms. The van der Waals surface area contributed by atoms with Gasteiger partial charge in [-0.2, -0.15) is 5.10 Å². The van der Waals surface area contributed by atoms with Gasteiger partial charge in [0.15, 0.2) is 0 Å². The minimum absolute atomic E-state index is 0.326. The lowest BCUT2D eigenvalue weighted by Gasteiger charge is -2.05. The maximum absolute atomic E-state index is 12.2. The van der Waals surface area contributed by atoms with Crippen molar-refractivity contribution in [3.8, 4) is 17.0 Å². The van der Waals surface area contributed by atoms with Crippen LogP contribution in [0.25, 0.3) is 11.3 Å². The van der Waals surface area contributed by atoms with Gasteiger partial charge in [0.05, 0.1) is 22.5 Å². The molecule has 0 fully saturated rings. The van der Waals surface area contributed by atoms with Crippen LogP contribution in [0.5, 0.6) is 5.75 Å². The molecule has 0 aliphatic heterocycles. The zero-order chi connectivity index (χ0) is 21.6. The molecule has 0 saturated carbocycles. The fourth-order valence-corrected chi connectivity index (χ4v) is 3.64. The highest BCUT2D eigenvalue weighted by molar-refractivity contribution is 7.14. The van der Waals surface area contributed by atoms with Gasteiger partial charge in [-0.15, -0.1) is 11.3 Å². The van der Waals surface area contributed by atoms with Crippen LogP contribution in [0.3, 0.4) is 0 Å². The first kappa shape index (κ1) is 20.8. The van der Waals surface area contributed by atoms with Crippen molar-refractivity contribution in [2.24, 2.45) is 5.10 Å². The summed E-state index contributed by atoms with van der Waals surface area (Å²) in [6.07, 6.45) is 1.67. The Bertz CT molecular complexity index is 1220. The second-order valence-corrected chi connectivity index (χ2v) is 7.98. The molecule has 0 aliphatic carbocycles. The number of aryl methyl sites for hydroxylation is 1. The van der Waals surface area contributed by atoms with Crippen molar-refractivity contribution in [2.75, 3.05) is 5.43 Å². The van der Waals surface area contributed by atoms with Crippen molar-refractivity contribution in [3.05, 3.63) is 99.9 Å². The second kappa shape index (κ2) is 9.55. The average Bonchev–Trinajstić information content (AvgIpc) is 3.24. The Morgan fingerprint density at radius 1 is 1.06 bits per heavy atom. The number of carbonyl (C=O) groups excluding carboxylic acids is 1. The second-order valence-electron chi connectivity index (χ2n) is 6.71. The highest BCUT2D eigenvalue weighted by Crippen LogP contribution is 2.25. The number of hydrazone groups is 1. The lowest BCUT2D eigenvalue weighted by Crippen LogP contribution is -2.08. The number of esters is 1. The van der Waals surface area contributed by atoms with Crippen LogP contribution in [-0.2, 0) is 0 Å². The first-order valence-corrected chi connectivity index (χ1v) is 10.7. The van der Waals surface area contributed by atoms with Crippen LogP contribution in [0.2, 0.25) is 5.02 Å². The summed E-state index contributed by atoms with van der Waals surface area (Å²) in [6.45, 7) is 2.06. The lowest BCUT2D eigenvalue weighted by atomic mass is 10.1. The van der Waals surface area contributed by atoms with Crippen LogP contribution in [0, 0.1) is 6.92 Å². The molecular weight excluding hydrogens is 430 g/mol. The van der Waals surface area contributed by atoms with Crippen molar-refractivity contribution < 1.29 is 9.53 Å². The maximum atomic E-state index is 12.2. The number of rotatable bonds is 6. The van der Waals surface area contributed by atoms with E-state index >= 15 is 0 Å². The Morgan fingerprint density at radius 3 is 2.55 bits per heavy atom. The van der Waals surface area contributed by atoms with Gasteiger partial charge in [0, 0.05) is 10.9 Å². The van der Waals surface area contributed by atoms with Gasteiger partial charge in [0.25, 0.3) is 0 Å². The van der Waals surface area contributed by atoms with Crippen LogP contribution in [0.15, 0.2) is 83.3 Å². The van der Waals surface area contributed by atoms with Crippen molar-refractivity contribution in [1.82, 2.24) is 4.98 Å². The van der Waals surface area contributed by atoms with Crippen molar-refractivity contribution in [2.45, 2.75) is 6.92 Å². The van der Waals surface area contributed by atoms with E-state index in [9.17, 15) is 4.79 Å². The molecular formula is C24H18ClN3O2S. The molecule has 0 radical (unpaired) electrons. The minimum Gasteiger partial charge on any atom is -0.423 e. The number of halogens is 1. The Hall–Kier alpha value is -3.48. The molecule has 5 nitrogen and oxygen atoms in total. The van der Waals surface area contributed by atoms with Crippen LogP contribution in [-0.4, -0.2) is 17.2 Å². The van der Waals surface area contributed by atoms with E-state index < -0.39 is 5.97 Å². The topological polar surface area (TPSA) is 63.6 Å². The number of nitrogens with zero attached hydrogens (tertiary/aromatic N) is 2. The number of anilines is 1. The molecule has 0 saturated heterocycles. The third-order valence-electron chi connectivity index (χ3n) is 4.41. The van der Waals surface area contributed by atoms with Crippen molar-refractivity contribution >= 4 is 40.3 Å². The first-order valence-electron chi connectivity index (χ1n) is 9.47. The average molecular weight is 448 g/mol. The van der Waals surface area contributed by atoms with Crippen LogP contribution in [0.1, 0.15) is 21.5 Å². The Kier molecular flexibility index (Phi) is 6.40. The number of benzene rings is 3. The van der Waals surface area contributed by atoms with Crippen molar-refractivity contribution in [3.63, 3.8) is 0 Å². The summed E-state index contributed by atoms with van der Waals surface area (Å²) in [5, 5.41) is 7.28. The SMILES string of the molecule is Cc1ccc(-c2csc(N/N=C\c3ccc(OC(=O)c4ccccc4Cl)cc3)n2)cc1. The minimum atomic E-state index is -0.498. The first-order chi connectivity index (χ1) is 15.1. The van der Waals surface area contributed by atoms with Gasteiger partial charge in [-0.1, -0.05) is 53.6 Å². The molecule has 154 valence electrons. The molecule has 0 atom stereocenters. The highest BCUT2D eigenvalue weighted by Gasteiger charge is 2.12. The predicted octanol–water partition coefficient (Wildman–Crippen LogP) is 6.44. The number of carbonyl (C=O) groups is 1. The molecule has 7 heteroatoms. The van der Waals surface area contributed by atoms with E-state index in [0.717, 1.165) is 16.8 Å². The zero-order valence-corrected chi connectivity index (χ0v) is 18.2. The molecule has 0 bridgehead atoms. The largest absolute Gasteiger partial charge is 0.423 e. The summed E-state index contributed by atoms with van der Waals surface area (Å²) in [6, 6.07) is 22.0. The molecule has 4 rings (SSSR count). The monoisotopic (exact) mass is 447 g/mol. The highest BCUT2D eigenvalue weighted by atomic mass is 35.5. The Morgan fingerprint density at radius 2 is 1.81 bits per heavy atom. The van der Waals surface area contributed by atoms with E-state index in [4.69, 9.17) is 16.3 Å². The van der Waals surface area contributed by atoms with Crippen molar-refractivity contribution in [1.29, 1.82) is 0 Å². The number of ether oxygens (including phenoxy) is 1. The molecule has 0 unspecified atom stereocenters. The number of hydrogen-bond donors (Lipinski definition) is 1. The fraction of sp³-hybridized carbons (Fsp3) is 0.0417. The number of aromatic nitrogens is 1. The molecule has 3 aromatic carbocycles. The van der Waals surface area contributed by atoms with Gasteiger partial charge in [0.2, 0.25) is 5.13 Å². The van der Waals surface area contributed by atoms with Crippen LogP contribution in [0.4, 0.5) is 5.13 Å². The number of thiazole rings is 1. The molecule has 0 spiro atoms. The molecule has 0 amide bonds. The van der Waals surface area contributed by atoms with Gasteiger partial charge in [-0.3, -0.25) is 5.43 Å². The summed E-state index contributed by atoms with van der Waals surface area (Å²) in [5.41, 5.74) is 7.31. The third kappa shape index (κ3) is 5.36. The fourth-order valence-electron chi connectivity index (χ4n) is 2.75. The number of nitrogens with one attached hydrogen (secondary N) is 1. The van der Waals surface area contributed by atoms with Gasteiger partial charge in [-0.25, -0.2) is 9.78 Å². The summed E-state index contributed by atoms with van der Waals surface area (Å²) in [5.74, 6) is -0.0699. The third-order valence-corrected chi connectivity index (χ3v) is 5.49. The van der Waals surface area contributed by atoms with Crippen LogP contribution >= 0.6 is 22.9 Å². The molecule has 1 N–H and O–H groups in total. The normalized spacial score (nSPS) is 10.9. The van der Waals surface area contributed by atoms with Gasteiger partial charge in [0.1, 0.15) is 5.75 Å². The quantitative estimate of drug-likeness (QED) is 0.160. The van der Waals surface area contributed by atoms with E-state index in [1.54, 1.807) is 54.7 Å². The van der Waals surface area contributed by atoms with E-state index in [0.29, 0.717) is 21.5 Å². The summed E-state index contributed by atoms with van der Waals surface area (Å²) in [7, 11) is 0. The predicted molar refractivity (Wildman–Crippen MR) is 126 cm³/mol. The molecule has 1 aromatic heterocycles. The van der Waals surface area contributed by atoms with Gasteiger partial charge in [-0.05, 0) is 48.9 Å². The molecule has 0 aliphatic rings. The summed E-state index contributed by atoms with van der Waals surface area (Å²) >= 11 is 7.52. The molecule has 1 heterocycles. The maximum Gasteiger partial charge on any atom is 0.345 e. The van der Waals surface area contributed by atoms with E-state index in [-0.39, 0.29) is 0 Å². The van der Waals surface area contributed by atoms with Gasteiger partial charge < -0.3 is 4.74 Å². The zero-order valence-electron chi connectivity index (χ0n) is 16.6. The smallest absolute Gasteiger partial charge is 0.345 e.